The Hall–Kier alpha value is -1.41. The summed E-state index contributed by atoms with van der Waals surface area (Å²) in [6.45, 7) is 2.28. The normalized spacial score (nSPS) is 25.5. The van der Waals surface area contributed by atoms with Gasteiger partial charge in [-0.3, -0.25) is 14.4 Å². The minimum atomic E-state index is -3.27. The topological polar surface area (TPSA) is 78.9 Å². The van der Waals surface area contributed by atoms with Crippen molar-refractivity contribution in [3.8, 4) is 0 Å². The first-order chi connectivity index (χ1) is 16.3. The average Bonchev–Trinajstić information content (AvgIpc) is 3.10. The van der Waals surface area contributed by atoms with Gasteiger partial charge in [-0.15, -0.1) is 0 Å². The number of methoxy groups -OCH3 is 1. The molecule has 8 heteroatoms. The van der Waals surface area contributed by atoms with Gasteiger partial charge in [0.15, 0.2) is 6.29 Å². The summed E-state index contributed by atoms with van der Waals surface area (Å²) in [5.74, 6) is -4.59. The predicted molar refractivity (Wildman–Crippen MR) is 123 cm³/mol. The van der Waals surface area contributed by atoms with Crippen molar-refractivity contribution in [2.24, 2.45) is 11.8 Å². The van der Waals surface area contributed by atoms with Crippen molar-refractivity contribution in [2.75, 3.05) is 13.7 Å². The Morgan fingerprint density at radius 1 is 1.06 bits per heavy atom. The van der Waals surface area contributed by atoms with E-state index in [0.717, 1.165) is 44.9 Å². The first kappa shape index (κ1) is 28.8. The number of ether oxygens (including phenoxy) is 3. The van der Waals surface area contributed by atoms with Crippen LogP contribution in [0, 0.1) is 11.8 Å². The molecular formula is C26H42F2O6. The molecule has 1 aliphatic carbocycles. The number of esters is 1. The van der Waals surface area contributed by atoms with Crippen LogP contribution in [0.1, 0.15) is 103 Å². The monoisotopic (exact) mass is 488 g/mol. The van der Waals surface area contributed by atoms with Gasteiger partial charge in [-0.2, -0.15) is 8.78 Å². The van der Waals surface area contributed by atoms with E-state index < -0.39 is 18.1 Å². The van der Waals surface area contributed by atoms with Gasteiger partial charge in [0.05, 0.1) is 13.2 Å². The Morgan fingerprint density at radius 2 is 1.82 bits per heavy atom. The van der Waals surface area contributed by atoms with E-state index in [1.54, 1.807) is 6.92 Å². The maximum Gasteiger partial charge on any atom is 0.305 e. The molecule has 0 aromatic rings. The van der Waals surface area contributed by atoms with E-state index in [4.69, 9.17) is 9.47 Å². The van der Waals surface area contributed by atoms with Crippen LogP contribution in [0.5, 0.6) is 0 Å². The molecule has 1 saturated carbocycles. The van der Waals surface area contributed by atoms with Crippen molar-refractivity contribution in [3.05, 3.63) is 0 Å². The zero-order valence-corrected chi connectivity index (χ0v) is 20.8. The van der Waals surface area contributed by atoms with Gasteiger partial charge >= 0.3 is 11.9 Å². The standard InChI is InChI=1S/C26H42F2O6/c1-3-16-26(27,28)23(30)13-10-12-20-19(11-6-4-5-7-14-24(31)32-2)21(29)18-22(20)34-25-15-8-9-17-33-25/h19-20,22,25H,3-18H2,1-2H3/t19-,20-,22-,25?/m1/s1. The Bertz CT molecular complexity index is 647. The lowest BCUT2D eigenvalue weighted by Crippen LogP contribution is -2.32. The summed E-state index contributed by atoms with van der Waals surface area (Å²) in [6.07, 6.45) is 7.56. The highest BCUT2D eigenvalue weighted by Gasteiger charge is 2.44. The Morgan fingerprint density at radius 3 is 2.50 bits per heavy atom. The van der Waals surface area contributed by atoms with Crippen molar-refractivity contribution >= 4 is 17.5 Å². The van der Waals surface area contributed by atoms with Crippen LogP contribution in [0.3, 0.4) is 0 Å². The Kier molecular flexibility index (Phi) is 12.6. The summed E-state index contributed by atoms with van der Waals surface area (Å²) in [5.41, 5.74) is 0. The molecule has 0 spiro atoms. The Balaban J connectivity index is 1.90. The van der Waals surface area contributed by atoms with E-state index in [-0.39, 0.29) is 48.8 Å². The molecule has 0 aromatic carbocycles. The van der Waals surface area contributed by atoms with E-state index >= 15 is 0 Å². The SMILES string of the molecule is CCCC(F)(F)C(=O)CCC[C@H]1[C@H](OC2CCCCO2)CC(=O)[C@@H]1CCCCCCC(=O)OC. The molecule has 2 rings (SSSR count). The molecule has 2 fully saturated rings. The number of halogens is 2. The van der Waals surface area contributed by atoms with Crippen molar-refractivity contribution in [1.29, 1.82) is 0 Å². The molecule has 196 valence electrons. The van der Waals surface area contributed by atoms with Crippen molar-refractivity contribution in [3.63, 3.8) is 0 Å². The lowest BCUT2D eigenvalue weighted by atomic mass is 9.85. The number of hydrogen-bond donors (Lipinski definition) is 0. The fourth-order valence-electron chi connectivity index (χ4n) is 5.15. The highest BCUT2D eigenvalue weighted by Crippen LogP contribution is 2.40. The maximum absolute atomic E-state index is 13.9. The molecule has 1 unspecified atom stereocenters. The van der Waals surface area contributed by atoms with Gasteiger partial charge in [0.1, 0.15) is 5.78 Å². The minimum Gasteiger partial charge on any atom is -0.469 e. The quantitative estimate of drug-likeness (QED) is 0.202. The molecular weight excluding hydrogens is 446 g/mol. The van der Waals surface area contributed by atoms with Gasteiger partial charge in [-0.05, 0) is 57.3 Å². The molecule has 0 bridgehead atoms. The molecule has 0 aromatic heterocycles. The predicted octanol–water partition coefficient (Wildman–Crippen LogP) is 5.79. The molecule has 0 amide bonds. The molecule has 1 saturated heterocycles. The van der Waals surface area contributed by atoms with Gasteiger partial charge < -0.3 is 14.2 Å². The Labute approximate surface area is 202 Å². The highest BCUT2D eigenvalue weighted by atomic mass is 19.3. The third-order valence-electron chi connectivity index (χ3n) is 7.06. The van der Waals surface area contributed by atoms with Gasteiger partial charge in [0, 0.05) is 38.2 Å². The van der Waals surface area contributed by atoms with Gasteiger partial charge in [0.25, 0.3) is 0 Å². The van der Waals surface area contributed by atoms with Crippen molar-refractivity contribution in [1.82, 2.24) is 0 Å². The number of unbranched alkanes of at least 4 members (excludes halogenated alkanes) is 3. The second-order valence-electron chi connectivity index (χ2n) is 9.71. The molecule has 4 atom stereocenters. The van der Waals surface area contributed by atoms with E-state index in [2.05, 4.69) is 4.74 Å². The van der Waals surface area contributed by atoms with Crippen LogP contribution in [-0.2, 0) is 28.6 Å². The lowest BCUT2D eigenvalue weighted by Gasteiger charge is -2.30. The van der Waals surface area contributed by atoms with Crippen LogP contribution in [0.2, 0.25) is 0 Å². The molecule has 0 radical (unpaired) electrons. The second-order valence-corrected chi connectivity index (χ2v) is 9.71. The summed E-state index contributed by atoms with van der Waals surface area (Å²) in [7, 11) is 1.38. The largest absolute Gasteiger partial charge is 0.469 e. The van der Waals surface area contributed by atoms with Crippen LogP contribution in [0.15, 0.2) is 0 Å². The minimum absolute atomic E-state index is 0.0827. The molecule has 34 heavy (non-hydrogen) atoms. The number of alkyl halides is 2. The molecule has 2 aliphatic rings. The number of rotatable bonds is 16. The van der Waals surface area contributed by atoms with Crippen LogP contribution >= 0.6 is 0 Å². The zero-order chi connectivity index (χ0) is 25.0. The molecule has 6 nitrogen and oxygen atoms in total. The van der Waals surface area contributed by atoms with E-state index in [0.29, 0.717) is 38.7 Å². The summed E-state index contributed by atoms with van der Waals surface area (Å²) in [5, 5.41) is 0. The molecule has 1 aliphatic heterocycles. The van der Waals surface area contributed by atoms with Crippen LogP contribution in [0.4, 0.5) is 8.78 Å². The number of Topliss-reactive ketones (excluding diaryl/α,β-unsaturated/α-hetero) is 2. The van der Waals surface area contributed by atoms with E-state index in [9.17, 15) is 23.2 Å². The number of hydrogen-bond acceptors (Lipinski definition) is 6. The van der Waals surface area contributed by atoms with Crippen molar-refractivity contribution in [2.45, 2.75) is 122 Å². The van der Waals surface area contributed by atoms with Gasteiger partial charge in [-0.25, -0.2) is 0 Å². The smallest absolute Gasteiger partial charge is 0.305 e. The fraction of sp³-hybridized carbons (Fsp3) is 0.885. The first-order valence-corrected chi connectivity index (χ1v) is 13.1. The third kappa shape index (κ3) is 9.33. The summed E-state index contributed by atoms with van der Waals surface area (Å²) in [6, 6.07) is 0. The van der Waals surface area contributed by atoms with E-state index in [1.807, 2.05) is 0 Å². The van der Waals surface area contributed by atoms with Gasteiger partial charge in [0.2, 0.25) is 5.78 Å². The van der Waals surface area contributed by atoms with Crippen LogP contribution in [-0.4, -0.2) is 49.6 Å². The fourth-order valence-corrected chi connectivity index (χ4v) is 5.15. The summed E-state index contributed by atoms with van der Waals surface area (Å²) < 4.78 is 44.4. The molecule has 0 N–H and O–H groups in total. The summed E-state index contributed by atoms with van der Waals surface area (Å²) >= 11 is 0. The molecule has 1 heterocycles. The van der Waals surface area contributed by atoms with Crippen LogP contribution in [0.25, 0.3) is 0 Å². The van der Waals surface area contributed by atoms with Crippen molar-refractivity contribution < 1.29 is 37.4 Å². The second kappa shape index (κ2) is 14.9. The maximum atomic E-state index is 13.9. The van der Waals surface area contributed by atoms with Crippen LogP contribution < -0.4 is 0 Å². The zero-order valence-electron chi connectivity index (χ0n) is 20.8. The third-order valence-corrected chi connectivity index (χ3v) is 7.06. The number of ketones is 2. The highest BCUT2D eigenvalue weighted by molar-refractivity contribution is 5.85. The van der Waals surface area contributed by atoms with E-state index in [1.165, 1.54) is 7.11 Å². The summed E-state index contributed by atoms with van der Waals surface area (Å²) in [4.78, 5) is 36.1. The number of carbonyl (C=O) groups is 3. The number of carbonyl (C=O) groups excluding carboxylic acids is 3. The average molecular weight is 489 g/mol. The lowest BCUT2D eigenvalue weighted by molar-refractivity contribution is -0.196. The van der Waals surface area contributed by atoms with Gasteiger partial charge in [-0.1, -0.05) is 26.2 Å². The first-order valence-electron chi connectivity index (χ1n) is 13.1.